The van der Waals surface area contributed by atoms with Gasteiger partial charge < -0.3 is 14.4 Å². The first-order chi connectivity index (χ1) is 16.7. The van der Waals surface area contributed by atoms with Crippen LogP contribution in [0.5, 0.6) is 0 Å². The van der Waals surface area contributed by atoms with Crippen LogP contribution < -0.4 is 4.90 Å². The SMILES string of the molecule is C[C@@H]1C[C@H](C(=O)N2CCn3c(nnc3C(F)(F)F)C2)CCN1c1c(C#N)cnc2ccc(Cl)cc12. The van der Waals surface area contributed by atoms with Crippen molar-refractivity contribution in [1.82, 2.24) is 24.6 Å². The molecule has 2 atom stereocenters. The number of hydrogen-bond donors (Lipinski definition) is 0. The molecule has 0 spiro atoms. The third-order valence-corrected chi connectivity index (χ3v) is 6.99. The van der Waals surface area contributed by atoms with Crippen LogP contribution in [0.15, 0.2) is 24.4 Å². The summed E-state index contributed by atoms with van der Waals surface area (Å²) in [6, 6.07) is 7.51. The van der Waals surface area contributed by atoms with Gasteiger partial charge in [-0.25, -0.2) is 0 Å². The van der Waals surface area contributed by atoms with Gasteiger partial charge in [-0.2, -0.15) is 18.4 Å². The lowest BCUT2D eigenvalue weighted by molar-refractivity contribution is -0.148. The van der Waals surface area contributed by atoms with Crippen molar-refractivity contribution in [3.05, 3.63) is 46.6 Å². The number of hydrogen-bond acceptors (Lipinski definition) is 6. The van der Waals surface area contributed by atoms with Gasteiger partial charge in [0.05, 0.1) is 23.3 Å². The number of carbonyl (C=O) groups is 1. The molecule has 2 aliphatic heterocycles. The molecule has 5 rings (SSSR count). The smallest absolute Gasteiger partial charge is 0.367 e. The molecule has 0 saturated carbocycles. The topological polar surface area (TPSA) is 90.9 Å². The number of rotatable bonds is 2. The minimum absolute atomic E-state index is 0.00256. The largest absolute Gasteiger partial charge is 0.451 e. The molecule has 35 heavy (non-hydrogen) atoms. The van der Waals surface area contributed by atoms with E-state index in [1.165, 1.54) is 0 Å². The highest BCUT2D eigenvalue weighted by Crippen LogP contribution is 2.37. The van der Waals surface area contributed by atoms with E-state index in [1.807, 2.05) is 13.0 Å². The lowest BCUT2D eigenvalue weighted by Crippen LogP contribution is -2.48. The normalized spacial score (nSPS) is 20.6. The second kappa shape index (κ2) is 8.68. The van der Waals surface area contributed by atoms with Crippen molar-refractivity contribution < 1.29 is 18.0 Å². The number of benzene rings is 1. The van der Waals surface area contributed by atoms with Gasteiger partial charge in [-0.05, 0) is 38.0 Å². The molecule has 0 bridgehead atoms. The average molecular weight is 504 g/mol. The highest BCUT2D eigenvalue weighted by atomic mass is 35.5. The highest BCUT2D eigenvalue weighted by Gasteiger charge is 2.41. The molecule has 4 heterocycles. The zero-order valence-electron chi connectivity index (χ0n) is 18.8. The van der Waals surface area contributed by atoms with E-state index in [-0.39, 0.29) is 43.3 Å². The van der Waals surface area contributed by atoms with Gasteiger partial charge in [-0.3, -0.25) is 9.78 Å². The first-order valence-corrected chi connectivity index (χ1v) is 11.6. The van der Waals surface area contributed by atoms with Gasteiger partial charge in [0.1, 0.15) is 6.07 Å². The van der Waals surface area contributed by atoms with E-state index >= 15 is 0 Å². The van der Waals surface area contributed by atoms with Crippen LogP contribution in [-0.4, -0.2) is 49.7 Å². The summed E-state index contributed by atoms with van der Waals surface area (Å²) in [5.74, 6) is -1.26. The molecule has 0 radical (unpaired) electrons. The molecule has 1 aromatic carbocycles. The summed E-state index contributed by atoms with van der Waals surface area (Å²) in [7, 11) is 0. The number of anilines is 1. The van der Waals surface area contributed by atoms with E-state index in [4.69, 9.17) is 11.6 Å². The first kappa shape index (κ1) is 23.4. The molecule has 0 aliphatic carbocycles. The predicted octanol–water partition coefficient (Wildman–Crippen LogP) is 4.02. The maximum atomic E-state index is 13.3. The Kier molecular flexibility index (Phi) is 5.79. The zero-order chi connectivity index (χ0) is 24.9. The first-order valence-electron chi connectivity index (χ1n) is 11.2. The molecule has 3 aromatic rings. The monoisotopic (exact) mass is 503 g/mol. The number of nitrogens with zero attached hydrogens (tertiary/aromatic N) is 7. The van der Waals surface area contributed by atoms with Gasteiger partial charge in [0, 0.05) is 48.2 Å². The number of alkyl halides is 3. The fourth-order valence-electron chi connectivity index (χ4n) is 5.08. The quantitative estimate of drug-likeness (QED) is 0.524. The van der Waals surface area contributed by atoms with E-state index in [2.05, 4.69) is 26.2 Å². The van der Waals surface area contributed by atoms with Gasteiger partial charge in [-0.1, -0.05) is 11.6 Å². The van der Waals surface area contributed by atoms with Crippen LogP contribution in [0, 0.1) is 17.2 Å². The summed E-state index contributed by atoms with van der Waals surface area (Å²) >= 11 is 6.22. The Morgan fingerprint density at radius 3 is 2.74 bits per heavy atom. The standard InChI is InChI=1S/C23H21ClF3N7O/c1-13-8-14(21(35)32-6-7-34-19(12-32)30-31-22(34)23(25,26)27)4-5-33(13)20-15(10-28)11-29-18-3-2-16(24)9-17(18)20/h2-3,9,11,13-14H,4-8,12H2,1H3/t13-,14-/m1/s1. The van der Waals surface area contributed by atoms with Gasteiger partial charge in [0.2, 0.25) is 11.7 Å². The van der Waals surface area contributed by atoms with Crippen molar-refractivity contribution in [2.24, 2.45) is 5.92 Å². The molecule has 1 saturated heterocycles. The van der Waals surface area contributed by atoms with Crippen molar-refractivity contribution in [3.63, 3.8) is 0 Å². The summed E-state index contributed by atoms with van der Waals surface area (Å²) in [5.41, 5.74) is 1.92. The number of pyridine rings is 1. The minimum Gasteiger partial charge on any atom is -0.367 e. The molecule has 0 N–H and O–H groups in total. The number of halogens is 4. The summed E-state index contributed by atoms with van der Waals surface area (Å²) in [4.78, 5) is 21.3. The van der Waals surface area contributed by atoms with Crippen LogP contribution in [0.2, 0.25) is 5.02 Å². The second-order valence-electron chi connectivity index (χ2n) is 8.91. The van der Waals surface area contributed by atoms with Crippen molar-refractivity contribution in [3.8, 4) is 6.07 Å². The van der Waals surface area contributed by atoms with E-state index in [1.54, 1.807) is 23.2 Å². The van der Waals surface area contributed by atoms with E-state index in [9.17, 15) is 23.2 Å². The molecule has 1 amide bonds. The Labute approximate surface area is 203 Å². The molecule has 12 heteroatoms. The van der Waals surface area contributed by atoms with Gasteiger partial charge in [0.15, 0.2) is 5.82 Å². The Morgan fingerprint density at radius 1 is 1.23 bits per heavy atom. The number of amides is 1. The predicted molar refractivity (Wildman–Crippen MR) is 121 cm³/mol. The van der Waals surface area contributed by atoms with Crippen molar-refractivity contribution in [2.45, 2.75) is 45.1 Å². The van der Waals surface area contributed by atoms with Gasteiger partial charge in [-0.15, -0.1) is 10.2 Å². The molecular weight excluding hydrogens is 483 g/mol. The van der Waals surface area contributed by atoms with Crippen molar-refractivity contribution in [1.29, 1.82) is 5.26 Å². The summed E-state index contributed by atoms with van der Waals surface area (Å²) in [6.45, 7) is 2.72. The van der Waals surface area contributed by atoms with Crippen molar-refractivity contribution >= 4 is 34.1 Å². The third-order valence-electron chi connectivity index (χ3n) is 6.75. The maximum absolute atomic E-state index is 13.3. The molecule has 1 fully saturated rings. The molecule has 182 valence electrons. The lowest BCUT2D eigenvalue weighted by Gasteiger charge is -2.41. The van der Waals surface area contributed by atoms with Crippen LogP contribution in [0.4, 0.5) is 18.9 Å². The van der Waals surface area contributed by atoms with Crippen LogP contribution >= 0.6 is 11.6 Å². The fourth-order valence-corrected chi connectivity index (χ4v) is 5.26. The number of fused-ring (bicyclic) bond motifs is 2. The van der Waals surface area contributed by atoms with Crippen LogP contribution in [0.1, 0.15) is 37.0 Å². The number of nitriles is 1. The molecule has 2 aromatic heterocycles. The number of piperidine rings is 1. The fraction of sp³-hybridized carbons (Fsp3) is 0.435. The summed E-state index contributed by atoms with van der Waals surface area (Å²) < 4.78 is 40.4. The Bertz CT molecular complexity index is 1350. The summed E-state index contributed by atoms with van der Waals surface area (Å²) in [6.07, 6.45) is -1.93. The second-order valence-corrected chi connectivity index (χ2v) is 9.34. The number of carbonyl (C=O) groups excluding carboxylic acids is 1. The molecule has 0 unspecified atom stereocenters. The van der Waals surface area contributed by atoms with Gasteiger partial charge >= 0.3 is 6.18 Å². The molecule has 8 nitrogen and oxygen atoms in total. The Morgan fingerprint density at radius 2 is 2.03 bits per heavy atom. The maximum Gasteiger partial charge on any atom is 0.451 e. The van der Waals surface area contributed by atoms with Crippen molar-refractivity contribution in [2.75, 3.05) is 18.0 Å². The van der Waals surface area contributed by atoms with E-state index < -0.39 is 12.0 Å². The Balaban J connectivity index is 1.34. The lowest BCUT2D eigenvalue weighted by atomic mass is 9.89. The van der Waals surface area contributed by atoms with Crippen LogP contribution in [0.3, 0.4) is 0 Å². The Hall–Kier alpha value is -3.39. The molecular formula is C23H21ClF3N7O. The average Bonchev–Trinajstić information content (AvgIpc) is 3.27. The molecule has 2 aliphatic rings. The minimum atomic E-state index is -4.58. The third kappa shape index (κ3) is 4.16. The highest BCUT2D eigenvalue weighted by molar-refractivity contribution is 6.31. The van der Waals surface area contributed by atoms with E-state index in [0.717, 1.165) is 21.2 Å². The number of aromatic nitrogens is 4. The van der Waals surface area contributed by atoms with E-state index in [0.29, 0.717) is 30.0 Å². The van der Waals surface area contributed by atoms with Crippen LogP contribution in [-0.2, 0) is 24.1 Å². The van der Waals surface area contributed by atoms with Gasteiger partial charge in [0.25, 0.3) is 0 Å². The summed E-state index contributed by atoms with van der Waals surface area (Å²) in [5, 5.41) is 18.0. The zero-order valence-corrected chi connectivity index (χ0v) is 19.5. The van der Waals surface area contributed by atoms with Crippen LogP contribution in [0.25, 0.3) is 10.9 Å².